The molecule has 0 aromatic rings. The lowest BCUT2D eigenvalue weighted by molar-refractivity contribution is 0.171. The normalized spacial score (nSPS) is 10.8. The molecule has 11 heavy (non-hydrogen) atoms. The van der Waals surface area contributed by atoms with Gasteiger partial charge in [-0.25, -0.2) is 14.4 Å². The highest BCUT2D eigenvalue weighted by Gasteiger charge is 2.24. The quantitative estimate of drug-likeness (QED) is 0.653. The Morgan fingerprint density at radius 3 is 2.00 bits per heavy atom. The molecule has 0 atom stereocenters. The van der Waals surface area contributed by atoms with Gasteiger partial charge in [0, 0.05) is 14.2 Å². The fraction of sp³-hybridized carbons (Fsp3) is 0.750. The number of carbonyl (C=O) groups excluding carboxylic acids is 1. The Bertz CT molecular complexity index is 173. The number of nitrogens with one attached hydrogen (secondary N) is 1. The summed E-state index contributed by atoms with van der Waals surface area (Å²) < 4.78 is 24.0. The molecule has 0 spiro atoms. The summed E-state index contributed by atoms with van der Waals surface area (Å²) in [6.45, 7) is 0. The van der Waals surface area contributed by atoms with Gasteiger partial charge >= 0.3 is 13.8 Å². The van der Waals surface area contributed by atoms with Crippen molar-refractivity contribution < 1.29 is 23.1 Å². The third-order valence-electron chi connectivity index (χ3n) is 0.894. The van der Waals surface area contributed by atoms with E-state index in [1.54, 1.807) is 0 Å². The second-order valence-electron chi connectivity index (χ2n) is 1.47. The van der Waals surface area contributed by atoms with Gasteiger partial charge in [-0.15, -0.1) is 0 Å². The van der Waals surface area contributed by atoms with Gasteiger partial charge in [-0.3, -0.25) is 9.05 Å². The van der Waals surface area contributed by atoms with Crippen LogP contribution in [0.25, 0.3) is 0 Å². The zero-order valence-corrected chi connectivity index (χ0v) is 7.38. The van der Waals surface area contributed by atoms with E-state index in [9.17, 15) is 9.36 Å². The van der Waals surface area contributed by atoms with E-state index in [4.69, 9.17) is 0 Å². The van der Waals surface area contributed by atoms with Crippen LogP contribution in [0.2, 0.25) is 0 Å². The maximum absolute atomic E-state index is 11.1. The fourth-order valence-electron chi connectivity index (χ4n) is 0.323. The number of carbonyl (C=O) groups is 1. The molecule has 6 nitrogen and oxygen atoms in total. The van der Waals surface area contributed by atoms with Crippen LogP contribution in [-0.2, 0) is 18.3 Å². The summed E-state index contributed by atoms with van der Waals surface area (Å²) in [5.41, 5.74) is 0. The maximum Gasteiger partial charge on any atom is 0.437 e. The van der Waals surface area contributed by atoms with Crippen molar-refractivity contribution in [2.75, 3.05) is 21.3 Å². The van der Waals surface area contributed by atoms with Crippen molar-refractivity contribution in [3.8, 4) is 0 Å². The minimum atomic E-state index is -3.48. The van der Waals surface area contributed by atoms with Gasteiger partial charge in [-0.1, -0.05) is 0 Å². The van der Waals surface area contributed by atoms with Crippen LogP contribution < -0.4 is 5.09 Å². The molecule has 0 fully saturated rings. The van der Waals surface area contributed by atoms with Crippen LogP contribution in [-0.4, -0.2) is 27.4 Å². The average Bonchev–Trinajstić information content (AvgIpc) is 2.04. The molecule has 0 heterocycles. The minimum Gasteiger partial charge on any atom is -0.453 e. The van der Waals surface area contributed by atoms with E-state index in [0.29, 0.717) is 0 Å². The Labute approximate surface area is 64.4 Å². The average molecular weight is 183 g/mol. The Morgan fingerprint density at radius 1 is 1.27 bits per heavy atom. The van der Waals surface area contributed by atoms with E-state index in [0.717, 1.165) is 21.3 Å². The Balaban J connectivity index is 4.09. The summed E-state index contributed by atoms with van der Waals surface area (Å²) in [5.74, 6) is 0. The number of hydrogen-bond acceptors (Lipinski definition) is 5. The smallest absolute Gasteiger partial charge is 0.437 e. The SMILES string of the molecule is COC(=O)NP(=O)(OC)OC. The molecule has 0 saturated carbocycles. The number of methoxy groups -OCH3 is 1. The highest BCUT2D eigenvalue weighted by molar-refractivity contribution is 7.52. The van der Waals surface area contributed by atoms with Crippen LogP contribution in [0.5, 0.6) is 0 Å². The molecule has 0 bridgehead atoms. The minimum absolute atomic E-state index is 0.864. The number of ether oxygens (including phenoxy) is 1. The zero-order valence-electron chi connectivity index (χ0n) is 6.49. The summed E-state index contributed by atoms with van der Waals surface area (Å²) >= 11 is 0. The summed E-state index contributed by atoms with van der Waals surface area (Å²) in [6, 6.07) is 0. The van der Waals surface area contributed by atoms with Gasteiger partial charge in [-0.2, -0.15) is 0 Å². The van der Waals surface area contributed by atoms with Gasteiger partial charge in [0.25, 0.3) is 0 Å². The van der Waals surface area contributed by atoms with Gasteiger partial charge in [-0.05, 0) is 0 Å². The van der Waals surface area contributed by atoms with Crippen LogP contribution in [0.15, 0.2) is 0 Å². The summed E-state index contributed by atoms with van der Waals surface area (Å²) in [5, 5.41) is 1.89. The first-order valence-corrected chi connectivity index (χ1v) is 4.20. The molecular weight excluding hydrogens is 173 g/mol. The largest absolute Gasteiger partial charge is 0.453 e. The first kappa shape index (κ1) is 10.4. The van der Waals surface area contributed by atoms with Gasteiger partial charge < -0.3 is 4.74 Å². The van der Waals surface area contributed by atoms with Gasteiger partial charge in [0.15, 0.2) is 0 Å². The lowest BCUT2D eigenvalue weighted by Gasteiger charge is -2.12. The summed E-state index contributed by atoms with van der Waals surface area (Å²) in [7, 11) is -0.0285. The van der Waals surface area contributed by atoms with Crippen LogP contribution in [0, 0.1) is 0 Å². The van der Waals surface area contributed by atoms with Crippen molar-refractivity contribution in [2.45, 2.75) is 0 Å². The molecule has 0 rings (SSSR count). The molecule has 0 aromatic carbocycles. The molecule has 0 aromatic heterocycles. The predicted molar refractivity (Wildman–Crippen MR) is 37.2 cm³/mol. The monoisotopic (exact) mass is 183 g/mol. The third-order valence-corrected chi connectivity index (χ3v) is 2.31. The van der Waals surface area contributed by atoms with Gasteiger partial charge in [0.1, 0.15) is 0 Å². The first-order chi connectivity index (χ1) is 5.08. The fourth-order valence-corrected chi connectivity index (χ4v) is 0.970. The molecule has 0 unspecified atom stereocenters. The van der Waals surface area contributed by atoms with Crippen LogP contribution in [0.1, 0.15) is 0 Å². The van der Waals surface area contributed by atoms with Gasteiger partial charge in [0.2, 0.25) is 0 Å². The van der Waals surface area contributed by atoms with E-state index in [1.165, 1.54) is 0 Å². The maximum atomic E-state index is 11.1. The van der Waals surface area contributed by atoms with Crippen LogP contribution >= 0.6 is 7.75 Å². The standard InChI is InChI=1S/C4H10NO5P/c1-8-4(6)5-11(7,9-2)10-3/h1-3H3,(H,5,6,7). The molecule has 66 valence electrons. The van der Waals surface area contributed by atoms with E-state index in [1.807, 2.05) is 5.09 Å². The second-order valence-corrected chi connectivity index (χ2v) is 3.41. The van der Waals surface area contributed by atoms with Crippen LogP contribution in [0.4, 0.5) is 4.79 Å². The highest BCUT2D eigenvalue weighted by atomic mass is 31.2. The number of rotatable bonds is 3. The topological polar surface area (TPSA) is 73.9 Å². The molecule has 1 N–H and O–H groups in total. The van der Waals surface area contributed by atoms with Crippen molar-refractivity contribution in [1.82, 2.24) is 5.09 Å². The van der Waals surface area contributed by atoms with Crippen molar-refractivity contribution >= 4 is 13.8 Å². The lowest BCUT2D eigenvalue weighted by atomic mass is 11.2. The van der Waals surface area contributed by atoms with Gasteiger partial charge in [0.05, 0.1) is 7.11 Å². The molecule has 0 aliphatic rings. The molecular formula is C4H10NO5P. The summed E-state index contributed by atoms with van der Waals surface area (Å²) in [4.78, 5) is 10.5. The lowest BCUT2D eigenvalue weighted by Crippen LogP contribution is -2.21. The van der Waals surface area contributed by atoms with E-state index >= 15 is 0 Å². The van der Waals surface area contributed by atoms with Crippen LogP contribution in [0.3, 0.4) is 0 Å². The highest BCUT2D eigenvalue weighted by Crippen LogP contribution is 2.41. The predicted octanol–water partition coefficient (Wildman–Crippen LogP) is 0.743. The second kappa shape index (κ2) is 4.33. The molecule has 1 amide bonds. The Morgan fingerprint density at radius 2 is 1.73 bits per heavy atom. The van der Waals surface area contributed by atoms with Crippen molar-refractivity contribution in [2.24, 2.45) is 0 Å². The zero-order chi connectivity index (χ0) is 8.91. The molecule has 0 radical (unpaired) electrons. The number of hydrogen-bond donors (Lipinski definition) is 1. The van der Waals surface area contributed by atoms with Crippen molar-refractivity contribution in [3.05, 3.63) is 0 Å². The molecule has 0 aliphatic heterocycles. The molecule has 0 aliphatic carbocycles. The first-order valence-electron chi connectivity index (χ1n) is 2.65. The Hall–Kier alpha value is -0.580. The van der Waals surface area contributed by atoms with E-state index in [2.05, 4.69) is 13.8 Å². The summed E-state index contributed by atoms with van der Waals surface area (Å²) in [6.07, 6.45) is -0.864. The molecule has 7 heteroatoms. The van der Waals surface area contributed by atoms with Crippen molar-refractivity contribution in [1.29, 1.82) is 0 Å². The number of amides is 1. The van der Waals surface area contributed by atoms with E-state index < -0.39 is 13.8 Å². The third kappa shape index (κ3) is 3.36. The Kier molecular flexibility index (Phi) is 4.10. The van der Waals surface area contributed by atoms with E-state index in [-0.39, 0.29) is 0 Å². The molecule has 0 saturated heterocycles. The van der Waals surface area contributed by atoms with Crippen molar-refractivity contribution in [3.63, 3.8) is 0 Å².